The second-order valence-electron chi connectivity index (χ2n) is 4.23. The van der Waals surface area contributed by atoms with Gasteiger partial charge in [0.25, 0.3) is 5.56 Å². The van der Waals surface area contributed by atoms with E-state index in [0.717, 1.165) is 18.2 Å². The van der Waals surface area contributed by atoms with Crippen molar-refractivity contribution < 1.29 is 24.2 Å². The summed E-state index contributed by atoms with van der Waals surface area (Å²) in [5, 5.41) is 18.2. The first-order valence-electron chi connectivity index (χ1n) is 5.71. The Morgan fingerprint density at radius 1 is 1.18 bits per heavy atom. The Morgan fingerprint density at radius 2 is 1.77 bits per heavy atom. The van der Waals surface area contributed by atoms with Gasteiger partial charge >= 0.3 is 11.9 Å². The zero-order chi connectivity index (χ0) is 16.6. The fourth-order valence-corrected chi connectivity index (χ4v) is 2.27. The highest BCUT2D eigenvalue weighted by molar-refractivity contribution is 6.34. The van der Waals surface area contributed by atoms with Gasteiger partial charge in [-0.05, 0) is 18.2 Å². The van der Waals surface area contributed by atoms with Gasteiger partial charge in [0.15, 0.2) is 0 Å². The monoisotopic (exact) mass is 326 g/mol. The summed E-state index contributed by atoms with van der Waals surface area (Å²) >= 11 is 5.84. The number of carboxylic acids is 2. The number of nitrogens with one attached hydrogen (secondary N) is 1. The van der Waals surface area contributed by atoms with E-state index in [9.17, 15) is 29.0 Å². The molecule has 0 aliphatic rings. The smallest absolute Gasteiger partial charge is 0.342 e. The van der Waals surface area contributed by atoms with E-state index in [2.05, 4.69) is 0 Å². The average molecular weight is 327 g/mol. The summed E-state index contributed by atoms with van der Waals surface area (Å²) in [5.41, 5.74) is 2.28. The van der Waals surface area contributed by atoms with E-state index in [1.54, 1.807) is 0 Å². The molecule has 0 bridgehead atoms. The summed E-state index contributed by atoms with van der Waals surface area (Å²) < 4.78 is 13.1. The van der Waals surface area contributed by atoms with Gasteiger partial charge in [-0.25, -0.2) is 14.0 Å². The molecule has 1 aromatic carbocycles. The first-order chi connectivity index (χ1) is 10.2. The topological polar surface area (TPSA) is 133 Å². The third-order valence-electron chi connectivity index (χ3n) is 2.87. The highest BCUT2D eigenvalue weighted by Gasteiger charge is 2.27. The van der Waals surface area contributed by atoms with Crippen molar-refractivity contribution in [3.63, 3.8) is 0 Å². The number of anilines is 1. The first-order valence-corrected chi connectivity index (χ1v) is 6.09. The van der Waals surface area contributed by atoms with E-state index < -0.39 is 45.8 Å². The Bertz CT molecular complexity index is 862. The lowest BCUT2D eigenvalue weighted by atomic mass is 9.95. The normalized spacial score (nSPS) is 10.5. The molecule has 0 radical (unpaired) electrons. The van der Waals surface area contributed by atoms with Crippen LogP contribution in [0, 0.1) is 5.82 Å². The number of pyridine rings is 1. The number of carbonyl (C=O) groups is 2. The molecule has 0 spiro atoms. The van der Waals surface area contributed by atoms with E-state index in [4.69, 9.17) is 17.3 Å². The minimum Gasteiger partial charge on any atom is -0.478 e. The van der Waals surface area contributed by atoms with Gasteiger partial charge in [-0.15, -0.1) is 0 Å². The van der Waals surface area contributed by atoms with Crippen LogP contribution in [0.5, 0.6) is 0 Å². The summed E-state index contributed by atoms with van der Waals surface area (Å²) in [6, 6.07) is 2.89. The van der Waals surface area contributed by atoms with Gasteiger partial charge in [0.1, 0.15) is 22.8 Å². The van der Waals surface area contributed by atoms with Crippen LogP contribution in [0.1, 0.15) is 20.7 Å². The number of rotatable bonds is 3. The van der Waals surface area contributed by atoms with E-state index in [-0.39, 0.29) is 10.6 Å². The maximum Gasteiger partial charge on any atom is 0.342 e. The van der Waals surface area contributed by atoms with Crippen LogP contribution in [0.25, 0.3) is 11.1 Å². The molecule has 0 unspecified atom stereocenters. The first kappa shape index (κ1) is 15.5. The summed E-state index contributed by atoms with van der Waals surface area (Å²) in [5.74, 6) is -4.47. The molecule has 22 heavy (non-hydrogen) atoms. The predicted molar refractivity (Wildman–Crippen MR) is 75.8 cm³/mol. The van der Waals surface area contributed by atoms with Crippen LogP contribution < -0.4 is 11.3 Å². The van der Waals surface area contributed by atoms with E-state index in [1.165, 1.54) is 0 Å². The zero-order valence-corrected chi connectivity index (χ0v) is 11.4. The number of H-pyrrole nitrogens is 1. The second kappa shape index (κ2) is 5.49. The van der Waals surface area contributed by atoms with E-state index in [1.807, 2.05) is 4.98 Å². The lowest BCUT2D eigenvalue weighted by Crippen LogP contribution is -2.24. The fraction of sp³-hybridized carbons (Fsp3) is 0. The zero-order valence-electron chi connectivity index (χ0n) is 10.7. The Kier molecular flexibility index (Phi) is 3.87. The molecule has 0 amide bonds. The van der Waals surface area contributed by atoms with Crippen molar-refractivity contribution in [1.29, 1.82) is 0 Å². The minimum absolute atomic E-state index is 0.129. The molecule has 0 atom stereocenters. The number of aromatic amines is 1. The number of aromatic carboxylic acids is 2. The molecule has 1 heterocycles. The molecule has 0 fully saturated rings. The second-order valence-corrected chi connectivity index (χ2v) is 4.63. The highest BCUT2D eigenvalue weighted by atomic mass is 35.5. The molecule has 1 aromatic heterocycles. The van der Waals surface area contributed by atoms with Gasteiger partial charge < -0.3 is 20.9 Å². The quantitative estimate of drug-likeness (QED) is 0.679. The lowest BCUT2D eigenvalue weighted by Gasteiger charge is -2.13. The van der Waals surface area contributed by atoms with Gasteiger partial charge in [0, 0.05) is 11.1 Å². The SMILES string of the molecule is Nc1[nH]c(=O)c(C(=O)O)c(-c2ccc(F)cc2Cl)c1C(=O)O. The van der Waals surface area contributed by atoms with Crippen molar-refractivity contribution in [1.82, 2.24) is 4.98 Å². The number of aromatic nitrogens is 1. The van der Waals surface area contributed by atoms with Crippen LogP contribution in [-0.2, 0) is 0 Å². The number of halogens is 2. The molecule has 0 saturated carbocycles. The summed E-state index contributed by atoms with van der Waals surface area (Å²) in [7, 11) is 0. The Balaban J connectivity index is 3.02. The van der Waals surface area contributed by atoms with Crippen LogP contribution in [-0.4, -0.2) is 27.1 Å². The third-order valence-corrected chi connectivity index (χ3v) is 3.19. The maximum atomic E-state index is 13.1. The van der Waals surface area contributed by atoms with Gasteiger partial charge in [-0.2, -0.15) is 0 Å². The number of nitrogens with two attached hydrogens (primary N) is 1. The van der Waals surface area contributed by atoms with E-state index in [0.29, 0.717) is 0 Å². The Morgan fingerprint density at radius 3 is 2.27 bits per heavy atom. The molecule has 0 saturated heterocycles. The van der Waals surface area contributed by atoms with Gasteiger partial charge in [-0.3, -0.25) is 4.79 Å². The van der Waals surface area contributed by atoms with Gasteiger partial charge in [0.05, 0.1) is 5.02 Å². The summed E-state index contributed by atoms with van der Waals surface area (Å²) in [6.45, 7) is 0. The molecular formula is C13H8ClFN2O5. The van der Waals surface area contributed by atoms with Crippen LogP contribution in [0.15, 0.2) is 23.0 Å². The summed E-state index contributed by atoms with van der Waals surface area (Å²) in [6.07, 6.45) is 0. The minimum atomic E-state index is -1.67. The molecule has 5 N–H and O–H groups in total. The van der Waals surface area contributed by atoms with Crippen molar-refractivity contribution in [2.45, 2.75) is 0 Å². The molecule has 0 aliphatic heterocycles. The standard InChI is InChI=1S/C13H8ClFN2O5/c14-6-3-4(15)1-2-5(6)7-8(12(19)20)10(16)17-11(18)9(7)13(21)22/h1-3H,(H,19,20)(H,21,22)(H3,16,17,18). The largest absolute Gasteiger partial charge is 0.478 e. The number of hydrogen-bond acceptors (Lipinski definition) is 4. The molecule has 2 rings (SSSR count). The van der Waals surface area contributed by atoms with E-state index >= 15 is 0 Å². The van der Waals surface area contributed by atoms with Crippen molar-refractivity contribution in [2.75, 3.05) is 5.73 Å². The molecule has 2 aromatic rings. The van der Waals surface area contributed by atoms with Crippen molar-refractivity contribution in [3.8, 4) is 11.1 Å². The van der Waals surface area contributed by atoms with Crippen LogP contribution in [0.3, 0.4) is 0 Å². The van der Waals surface area contributed by atoms with Crippen LogP contribution in [0.4, 0.5) is 10.2 Å². The number of nitrogen functional groups attached to an aromatic ring is 1. The van der Waals surface area contributed by atoms with Crippen LogP contribution in [0.2, 0.25) is 5.02 Å². The molecular weight excluding hydrogens is 319 g/mol. The van der Waals surface area contributed by atoms with Crippen LogP contribution >= 0.6 is 11.6 Å². The van der Waals surface area contributed by atoms with Gasteiger partial charge in [0.2, 0.25) is 0 Å². The van der Waals surface area contributed by atoms with Crippen molar-refractivity contribution in [2.24, 2.45) is 0 Å². The molecule has 7 nitrogen and oxygen atoms in total. The number of carboxylic acid groups (broad SMARTS) is 2. The third kappa shape index (κ3) is 2.51. The van der Waals surface area contributed by atoms with Crippen molar-refractivity contribution >= 4 is 29.4 Å². The van der Waals surface area contributed by atoms with Gasteiger partial charge in [-0.1, -0.05) is 11.6 Å². The molecule has 9 heteroatoms. The fourth-order valence-electron chi connectivity index (χ4n) is 2.01. The number of benzene rings is 1. The summed E-state index contributed by atoms with van der Waals surface area (Å²) in [4.78, 5) is 36.4. The molecule has 114 valence electrons. The Labute approximate surface area is 126 Å². The molecule has 0 aliphatic carbocycles. The predicted octanol–water partition coefficient (Wildman–Crippen LogP) is 1.81. The Hall–Kier alpha value is -2.87. The average Bonchev–Trinajstić information content (AvgIpc) is 2.36. The van der Waals surface area contributed by atoms with Crippen molar-refractivity contribution in [3.05, 3.63) is 50.5 Å². The maximum absolute atomic E-state index is 13.1. The number of hydrogen-bond donors (Lipinski definition) is 4. The lowest BCUT2D eigenvalue weighted by molar-refractivity contribution is 0.0695. The highest BCUT2D eigenvalue weighted by Crippen LogP contribution is 2.34.